The van der Waals surface area contributed by atoms with E-state index < -0.39 is 17.3 Å². The van der Waals surface area contributed by atoms with Crippen molar-refractivity contribution >= 4 is 11.9 Å². The minimum Gasteiger partial charge on any atom is -0.497 e. The van der Waals surface area contributed by atoms with E-state index in [1.165, 1.54) is 19.2 Å². The van der Waals surface area contributed by atoms with Crippen LogP contribution in [0.2, 0.25) is 0 Å². The number of rotatable bonds is 5. The Morgan fingerprint density at radius 3 is 2.39 bits per heavy atom. The maximum Gasteiger partial charge on any atom is 0.586 e. The van der Waals surface area contributed by atoms with Crippen molar-refractivity contribution in [3.8, 4) is 23.0 Å². The van der Waals surface area contributed by atoms with Crippen molar-refractivity contribution in [3.05, 3.63) is 47.5 Å². The monoisotopic (exact) mass is 501 g/mol. The number of benzene rings is 2. The molecule has 1 atom stereocenters. The van der Waals surface area contributed by atoms with Crippen molar-refractivity contribution in [3.63, 3.8) is 0 Å². The van der Waals surface area contributed by atoms with E-state index in [1.807, 2.05) is 12.1 Å². The second-order valence-corrected chi connectivity index (χ2v) is 9.96. The van der Waals surface area contributed by atoms with E-state index >= 15 is 0 Å². The van der Waals surface area contributed by atoms with Crippen LogP contribution in [0, 0.1) is 5.92 Å². The van der Waals surface area contributed by atoms with E-state index in [9.17, 15) is 18.4 Å². The molecule has 2 heterocycles. The van der Waals surface area contributed by atoms with Crippen molar-refractivity contribution in [2.24, 2.45) is 5.92 Å². The topological polar surface area (TPSA) is 92.3 Å². The highest BCUT2D eigenvalue weighted by atomic mass is 19.3. The molecule has 10 heteroatoms. The number of nitrogens with one attached hydrogen (secondary N) is 1. The van der Waals surface area contributed by atoms with Gasteiger partial charge < -0.3 is 29.0 Å². The fourth-order valence-corrected chi connectivity index (χ4v) is 5.64. The number of carbonyl (C=O) groups is 2. The first kappa shape index (κ1) is 22.9. The molecule has 36 heavy (non-hydrogen) atoms. The minimum atomic E-state index is -3.72. The van der Waals surface area contributed by atoms with Gasteiger partial charge in [0.2, 0.25) is 5.91 Å². The summed E-state index contributed by atoms with van der Waals surface area (Å²) in [5, 5.41) is 3.18. The van der Waals surface area contributed by atoms with E-state index in [0.29, 0.717) is 49.2 Å². The van der Waals surface area contributed by atoms with Gasteiger partial charge >= 0.3 is 12.3 Å². The lowest BCUT2D eigenvalue weighted by Gasteiger charge is -2.51. The van der Waals surface area contributed by atoms with E-state index in [2.05, 4.69) is 14.8 Å². The third kappa shape index (κ3) is 3.61. The largest absolute Gasteiger partial charge is 0.586 e. The van der Waals surface area contributed by atoms with Gasteiger partial charge in [-0.1, -0.05) is 6.07 Å². The zero-order chi connectivity index (χ0) is 25.3. The van der Waals surface area contributed by atoms with Crippen LogP contribution in [0.25, 0.3) is 0 Å². The number of alkyl halides is 2. The average molecular weight is 501 g/mol. The standard InChI is InChI=1S/C26H25F2NO7/c1-32-16-4-5-17-18(13-24(34-20(17)10-16)11-14(12-24)22(30)33-2)29-23(31)25(7-8-25)15-3-6-19-21(9-15)36-26(27,28)35-19/h3-6,9-10,14,18H,7-8,11-13H2,1-2H3,(H,29,31). The number of amides is 1. The van der Waals surface area contributed by atoms with Crippen molar-refractivity contribution in [1.29, 1.82) is 0 Å². The molecule has 2 saturated carbocycles. The molecular weight excluding hydrogens is 476 g/mol. The summed E-state index contributed by atoms with van der Waals surface area (Å²) in [7, 11) is 2.93. The Kier molecular flexibility index (Phi) is 4.90. The third-order valence-corrected chi connectivity index (χ3v) is 7.71. The molecule has 190 valence electrons. The SMILES string of the molecule is COC(=O)C1CC2(C1)CC(NC(=O)C1(c3ccc4c(c3)OC(F)(F)O4)CC1)c1ccc(OC)cc1O2. The fourth-order valence-electron chi connectivity index (χ4n) is 5.64. The van der Waals surface area contributed by atoms with Gasteiger partial charge in [-0.3, -0.25) is 9.59 Å². The van der Waals surface area contributed by atoms with E-state index in [-0.39, 0.29) is 35.3 Å². The Morgan fingerprint density at radius 2 is 1.69 bits per heavy atom. The molecule has 2 aromatic rings. The quantitative estimate of drug-likeness (QED) is 0.619. The van der Waals surface area contributed by atoms with Gasteiger partial charge in [-0.15, -0.1) is 8.78 Å². The highest BCUT2D eigenvalue weighted by molar-refractivity contribution is 5.92. The normalized spacial score (nSPS) is 27.8. The Balaban J connectivity index is 1.26. The highest BCUT2D eigenvalue weighted by Gasteiger charge is 2.56. The van der Waals surface area contributed by atoms with Crippen LogP contribution in [0.1, 0.15) is 49.3 Å². The van der Waals surface area contributed by atoms with Gasteiger partial charge in [0.25, 0.3) is 0 Å². The summed E-state index contributed by atoms with van der Waals surface area (Å²) in [6.07, 6.45) is -1.07. The molecule has 1 N–H and O–H groups in total. The van der Waals surface area contributed by atoms with Crippen LogP contribution in [0.4, 0.5) is 8.78 Å². The van der Waals surface area contributed by atoms with Gasteiger partial charge in [0.1, 0.15) is 17.1 Å². The van der Waals surface area contributed by atoms with Gasteiger partial charge in [-0.05, 0) is 42.7 Å². The van der Waals surface area contributed by atoms with Gasteiger partial charge in [0, 0.05) is 30.9 Å². The molecule has 2 aliphatic carbocycles. The van der Waals surface area contributed by atoms with Crippen LogP contribution in [-0.2, 0) is 19.7 Å². The maximum absolute atomic E-state index is 13.6. The fraction of sp³-hybridized carbons (Fsp3) is 0.462. The van der Waals surface area contributed by atoms with Gasteiger partial charge in [-0.2, -0.15) is 0 Å². The Morgan fingerprint density at radius 1 is 0.944 bits per heavy atom. The zero-order valence-corrected chi connectivity index (χ0v) is 19.8. The summed E-state index contributed by atoms with van der Waals surface area (Å²) < 4.78 is 52.6. The summed E-state index contributed by atoms with van der Waals surface area (Å²) in [5.74, 6) is 0.369. The Hall–Kier alpha value is -3.56. The number of carbonyl (C=O) groups excluding carboxylic acids is 2. The molecule has 2 aromatic carbocycles. The number of fused-ring (bicyclic) bond motifs is 2. The predicted molar refractivity (Wildman–Crippen MR) is 120 cm³/mol. The molecule has 1 amide bonds. The molecule has 6 rings (SSSR count). The Labute approximate surface area is 205 Å². The maximum atomic E-state index is 13.6. The van der Waals surface area contributed by atoms with Gasteiger partial charge in [0.05, 0.1) is 31.6 Å². The van der Waals surface area contributed by atoms with Crippen molar-refractivity contribution in [2.45, 2.75) is 55.5 Å². The van der Waals surface area contributed by atoms with E-state index in [0.717, 1.165) is 5.56 Å². The molecular formula is C26H25F2NO7. The second kappa shape index (κ2) is 7.72. The summed E-state index contributed by atoms with van der Waals surface area (Å²) in [6, 6.07) is 9.60. The smallest absolute Gasteiger partial charge is 0.497 e. The van der Waals surface area contributed by atoms with Crippen molar-refractivity contribution in [2.75, 3.05) is 14.2 Å². The highest BCUT2D eigenvalue weighted by Crippen LogP contribution is 2.55. The Bertz CT molecular complexity index is 1250. The van der Waals surface area contributed by atoms with Crippen LogP contribution in [0.3, 0.4) is 0 Å². The number of hydrogen-bond acceptors (Lipinski definition) is 7. The molecule has 0 aromatic heterocycles. The first-order valence-corrected chi connectivity index (χ1v) is 11.8. The van der Waals surface area contributed by atoms with Crippen LogP contribution in [0.15, 0.2) is 36.4 Å². The van der Waals surface area contributed by atoms with Gasteiger partial charge in [0.15, 0.2) is 11.5 Å². The summed E-state index contributed by atoms with van der Waals surface area (Å²) >= 11 is 0. The van der Waals surface area contributed by atoms with Crippen LogP contribution in [0.5, 0.6) is 23.0 Å². The van der Waals surface area contributed by atoms with E-state index in [1.54, 1.807) is 19.2 Å². The van der Waals surface area contributed by atoms with Crippen molar-refractivity contribution in [1.82, 2.24) is 5.32 Å². The lowest BCUT2D eigenvalue weighted by molar-refractivity contribution is -0.286. The number of ether oxygens (including phenoxy) is 5. The number of halogens is 2. The number of esters is 1. The molecule has 0 radical (unpaired) electrons. The van der Waals surface area contributed by atoms with Crippen molar-refractivity contribution < 1.29 is 42.1 Å². The molecule has 0 saturated heterocycles. The molecule has 0 bridgehead atoms. The van der Waals surface area contributed by atoms with E-state index in [4.69, 9.17) is 14.2 Å². The molecule has 1 spiro atoms. The van der Waals surface area contributed by atoms with Crippen LogP contribution >= 0.6 is 0 Å². The second-order valence-electron chi connectivity index (χ2n) is 9.96. The first-order valence-electron chi connectivity index (χ1n) is 11.8. The number of hydrogen-bond donors (Lipinski definition) is 1. The van der Waals surface area contributed by atoms with Crippen LogP contribution in [-0.4, -0.2) is 38.0 Å². The predicted octanol–water partition coefficient (Wildman–Crippen LogP) is 4.01. The minimum absolute atomic E-state index is 0.0562. The summed E-state index contributed by atoms with van der Waals surface area (Å²) in [4.78, 5) is 25.6. The first-order chi connectivity index (χ1) is 17.2. The number of methoxy groups -OCH3 is 2. The lowest BCUT2D eigenvalue weighted by atomic mass is 9.66. The molecule has 4 aliphatic rings. The zero-order valence-electron chi connectivity index (χ0n) is 19.8. The molecule has 2 fully saturated rings. The van der Waals surface area contributed by atoms with Crippen LogP contribution < -0.4 is 24.3 Å². The average Bonchev–Trinajstić information content (AvgIpc) is 3.58. The van der Waals surface area contributed by atoms with Gasteiger partial charge in [-0.25, -0.2) is 0 Å². The molecule has 8 nitrogen and oxygen atoms in total. The molecule has 1 unspecified atom stereocenters. The lowest BCUT2D eigenvalue weighted by Crippen LogP contribution is -2.56. The third-order valence-electron chi connectivity index (χ3n) is 7.71. The summed E-state index contributed by atoms with van der Waals surface area (Å²) in [5.41, 5.74) is -0.0108. The molecule has 2 aliphatic heterocycles. The summed E-state index contributed by atoms with van der Waals surface area (Å²) in [6.45, 7) is 0.